The number of likely N-dealkylation sites (tertiary alicyclic amines) is 1. The number of nitrogens with two attached hydrogens (primary N) is 1. The van der Waals surface area contributed by atoms with Crippen molar-refractivity contribution < 1.29 is 4.79 Å². The molecule has 0 aromatic rings. The van der Waals surface area contributed by atoms with Crippen molar-refractivity contribution in [2.45, 2.75) is 45.6 Å². The fraction of sp³-hybridized carbons (Fsp3) is 0.923. The van der Waals surface area contributed by atoms with Gasteiger partial charge in [0.2, 0.25) is 5.91 Å². The lowest BCUT2D eigenvalue weighted by Gasteiger charge is -2.43. The number of piperidine rings is 1. The highest BCUT2D eigenvalue weighted by molar-refractivity contribution is 5.85. The molecule has 3 N–H and O–H groups in total. The summed E-state index contributed by atoms with van der Waals surface area (Å²) in [5.41, 5.74) is 5.32. The van der Waals surface area contributed by atoms with Gasteiger partial charge in [-0.15, -0.1) is 24.8 Å². The van der Waals surface area contributed by atoms with Gasteiger partial charge in [-0.25, -0.2) is 0 Å². The number of nitrogens with one attached hydrogen (secondary N) is 1. The lowest BCUT2D eigenvalue weighted by molar-refractivity contribution is -0.120. The number of halogens is 2. The van der Waals surface area contributed by atoms with Crippen LogP contribution in [0.4, 0.5) is 0 Å². The molecule has 6 heteroatoms. The summed E-state index contributed by atoms with van der Waals surface area (Å²) in [4.78, 5) is 13.7. The Morgan fingerprint density at radius 3 is 2.58 bits per heavy atom. The fourth-order valence-corrected chi connectivity index (χ4v) is 2.45. The van der Waals surface area contributed by atoms with Crippen molar-refractivity contribution in [3.05, 3.63) is 0 Å². The molecule has 0 saturated carbocycles. The maximum Gasteiger partial charge on any atom is 0.233 e. The molecule has 0 aromatic heterocycles. The summed E-state index contributed by atoms with van der Waals surface area (Å²) in [5, 5.41) is 2.90. The minimum Gasteiger partial charge on any atom is -0.353 e. The van der Waals surface area contributed by atoms with Gasteiger partial charge in [-0.1, -0.05) is 13.3 Å². The summed E-state index contributed by atoms with van der Waals surface area (Å²) >= 11 is 0. The first-order chi connectivity index (χ1) is 7.99. The largest absolute Gasteiger partial charge is 0.353 e. The summed E-state index contributed by atoms with van der Waals surface area (Å²) in [5.74, 6) is 0.746. The van der Waals surface area contributed by atoms with E-state index in [1.807, 2.05) is 0 Å². The van der Waals surface area contributed by atoms with Crippen LogP contribution in [0.3, 0.4) is 0 Å². The third-order valence-electron chi connectivity index (χ3n) is 3.86. The van der Waals surface area contributed by atoms with E-state index >= 15 is 0 Å². The van der Waals surface area contributed by atoms with Crippen LogP contribution >= 0.6 is 24.8 Å². The van der Waals surface area contributed by atoms with Crippen LogP contribution < -0.4 is 11.1 Å². The van der Waals surface area contributed by atoms with Crippen LogP contribution in [0.25, 0.3) is 0 Å². The van der Waals surface area contributed by atoms with E-state index in [9.17, 15) is 4.79 Å². The number of amides is 1. The highest BCUT2D eigenvalue weighted by Gasteiger charge is 2.30. The van der Waals surface area contributed by atoms with Gasteiger partial charge in [0.1, 0.15) is 0 Å². The molecule has 1 amide bonds. The molecule has 1 fully saturated rings. The number of rotatable bonds is 5. The average molecular weight is 314 g/mol. The Labute approximate surface area is 129 Å². The molecule has 1 atom stereocenters. The molecular formula is C13H29Cl2N3O. The molecule has 1 heterocycles. The van der Waals surface area contributed by atoms with Gasteiger partial charge in [-0.3, -0.25) is 9.69 Å². The van der Waals surface area contributed by atoms with Crippen molar-refractivity contribution >= 4 is 30.7 Å². The van der Waals surface area contributed by atoms with Crippen molar-refractivity contribution in [1.82, 2.24) is 10.2 Å². The van der Waals surface area contributed by atoms with E-state index in [4.69, 9.17) is 5.73 Å². The van der Waals surface area contributed by atoms with Gasteiger partial charge < -0.3 is 11.1 Å². The van der Waals surface area contributed by atoms with E-state index in [1.165, 1.54) is 19.3 Å². The van der Waals surface area contributed by atoms with Crippen LogP contribution in [0.5, 0.6) is 0 Å². The van der Waals surface area contributed by atoms with Gasteiger partial charge in [0.15, 0.2) is 0 Å². The molecule has 1 saturated heterocycles. The second kappa shape index (κ2) is 9.81. The van der Waals surface area contributed by atoms with E-state index in [-0.39, 0.29) is 42.8 Å². The SMILES string of the molecule is CCC1CCCN(C(C)(C)CNC(=O)CN)C1.Cl.Cl. The molecule has 1 aliphatic heterocycles. The summed E-state index contributed by atoms with van der Waals surface area (Å²) in [7, 11) is 0. The van der Waals surface area contributed by atoms with E-state index in [0.29, 0.717) is 6.54 Å². The van der Waals surface area contributed by atoms with Crippen LogP contribution in [0.15, 0.2) is 0 Å². The highest BCUT2D eigenvalue weighted by atomic mass is 35.5. The second-order valence-corrected chi connectivity index (χ2v) is 5.66. The molecule has 0 radical (unpaired) electrons. The van der Waals surface area contributed by atoms with Crippen LogP contribution in [0.2, 0.25) is 0 Å². The van der Waals surface area contributed by atoms with Crippen molar-refractivity contribution in [3.63, 3.8) is 0 Å². The quantitative estimate of drug-likeness (QED) is 0.813. The zero-order valence-corrected chi connectivity index (χ0v) is 13.9. The minimum absolute atomic E-state index is 0. The molecule has 116 valence electrons. The zero-order valence-electron chi connectivity index (χ0n) is 12.3. The first-order valence-corrected chi connectivity index (χ1v) is 6.71. The molecule has 0 bridgehead atoms. The molecule has 1 aliphatic rings. The summed E-state index contributed by atoms with van der Waals surface area (Å²) in [6.07, 6.45) is 3.87. The number of hydrogen-bond donors (Lipinski definition) is 2. The predicted octanol–water partition coefficient (Wildman–Crippen LogP) is 1.81. The number of carbonyl (C=O) groups excluding carboxylic acids is 1. The topological polar surface area (TPSA) is 58.4 Å². The van der Waals surface area contributed by atoms with E-state index < -0.39 is 0 Å². The highest BCUT2D eigenvalue weighted by Crippen LogP contribution is 2.25. The Bertz CT molecular complexity index is 262. The van der Waals surface area contributed by atoms with Gasteiger partial charge >= 0.3 is 0 Å². The van der Waals surface area contributed by atoms with Crippen molar-refractivity contribution in [1.29, 1.82) is 0 Å². The van der Waals surface area contributed by atoms with Gasteiger partial charge in [0.05, 0.1) is 6.54 Å². The van der Waals surface area contributed by atoms with Crippen molar-refractivity contribution in [2.24, 2.45) is 11.7 Å². The molecule has 1 rings (SSSR count). The van der Waals surface area contributed by atoms with Crippen LogP contribution in [0.1, 0.15) is 40.0 Å². The monoisotopic (exact) mass is 313 g/mol. The van der Waals surface area contributed by atoms with Crippen LogP contribution in [-0.2, 0) is 4.79 Å². The third kappa shape index (κ3) is 6.80. The molecule has 0 spiro atoms. The fourth-order valence-electron chi connectivity index (χ4n) is 2.45. The molecular weight excluding hydrogens is 285 g/mol. The number of nitrogens with zero attached hydrogens (tertiary/aromatic N) is 1. The first kappa shape index (κ1) is 21.3. The maximum absolute atomic E-state index is 11.2. The average Bonchev–Trinajstić information content (AvgIpc) is 2.36. The van der Waals surface area contributed by atoms with Gasteiger partial charge in [0, 0.05) is 18.6 Å². The third-order valence-corrected chi connectivity index (χ3v) is 3.86. The molecule has 19 heavy (non-hydrogen) atoms. The zero-order chi connectivity index (χ0) is 12.9. The predicted molar refractivity (Wildman–Crippen MR) is 85.2 cm³/mol. The number of hydrogen-bond acceptors (Lipinski definition) is 3. The number of carbonyl (C=O) groups is 1. The van der Waals surface area contributed by atoms with E-state index in [2.05, 4.69) is 31.0 Å². The summed E-state index contributed by atoms with van der Waals surface area (Å²) in [6, 6.07) is 0. The Morgan fingerprint density at radius 1 is 1.42 bits per heavy atom. The Hall–Kier alpha value is -0.0300. The summed E-state index contributed by atoms with van der Waals surface area (Å²) < 4.78 is 0. The van der Waals surface area contributed by atoms with Gasteiger partial charge in [-0.05, 0) is 39.2 Å². The Balaban J connectivity index is 0. The lowest BCUT2D eigenvalue weighted by atomic mass is 9.91. The lowest BCUT2D eigenvalue weighted by Crippen LogP contribution is -2.55. The van der Waals surface area contributed by atoms with Crippen molar-refractivity contribution in [3.8, 4) is 0 Å². The van der Waals surface area contributed by atoms with E-state index in [0.717, 1.165) is 19.0 Å². The Kier molecular flexibility index (Phi) is 11.0. The standard InChI is InChI=1S/C13H27N3O.2ClH/c1-4-11-6-5-7-16(9-11)13(2,3)10-15-12(17)8-14;;/h11H,4-10,14H2,1-3H3,(H,15,17);2*1H. The second-order valence-electron chi connectivity index (χ2n) is 5.66. The van der Waals surface area contributed by atoms with Crippen LogP contribution in [-0.4, -0.2) is 42.5 Å². The first-order valence-electron chi connectivity index (χ1n) is 6.71. The van der Waals surface area contributed by atoms with E-state index in [1.54, 1.807) is 0 Å². The molecule has 1 unspecified atom stereocenters. The molecule has 0 aromatic carbocycles. The minimum atomic E-state index is -0.0675. The van der Waals surface area contributed by atoms with Gasteiger partial charge in [0.25, 0.3) is 0 Å². The van der Waals surface area contributed by atoms with Crippen molar-refractivity contribution in [2.75, 3.05) is 26.2 Å². The Morgan fingerprint density at radius 2 is 2.05 bits per heavy atom. The molecule has 4 nitrogen and oxygen atoms in total. The maximum atomic E-state index is 11.2. The smallest absolute Gasteiger partial charge is 0.233 e. The normalized spacial score (nSPS) is 20.1. The molecule has 0 aliphatic carbocycles. The summed E-state index contributed by atoms with van der Waals surface area (Å²) in [6.45, 7) is 9.71. The van der Waals surface area contributed by atoms with Crippen LogP contribution in [0, 0.1) is 5.92 Å². The van der Waals surface area contributed by atoms with Gasteiger partial charge in [-0.2, -0.15) is 0 Å².